The van der Waals surface area contributed by atoms with Crippen LogP contribution >= 0.6 is 23.2 Å². The molecular weight excluding hydrogens is 255 g/mol. The topological polar surface area (TPSA) is 24.1 Å². The van der Waals surface area contributed by atoms with E-state index in [1.807, 2.05) is 18.2 Å². The first-order valence-electron chi connectivity index (χ1n) is 6.11. The molecule has 1 aliphatic heterocycles. The predicted molar refractivity (Wildman–Crippen MR) is 73.8 cm³/mol. The maximum absolute atomic E-state index is 6.12. The minimum Gasteiger partial charge on any atom is -0.317 e. The highest BCUT2D eigenvalue weighted by molar-refractivity contribution is 6.35. The van der Waals surface area contributed by atoms with Gasteiger partial charge in [0.25, 0.3) is 0 Å². The number of rotatable bonds is 4. The molecule has 0 aliphatic carbocycles. The lowest BCUT2D eigenvalue weighted by Gasteiger charge is -2.23. The molecule has 0 amide bonds. The average Bonchev–Trinajstić information content (AvgIpc) is 2.34. The Bertz CT molecular complexity index is 342. The van der Waals surface area contributed by atoms with Gasteiger partial charge in [-0.25, -0.2) is 0 Å². The van der Waals surface area contributed by atoms with Crippen molar-refractivity contribution in [2.75, 3.05) is 19.6 Å². The molecule has 2 N–H and O–H groups in total. The molecule has 0 spiro atoms. The number of hydrogen-bond acceptors (Lipinski definition) is 2. The Morgan fingerprint density at radius 3 is 2.47 bits per heavy atom. The van der Waals surface area contributed by atoms with Crippen molar-refractivity contribution in [3.63, 3.8) is 0 Å². The van der Waals surface area contributed by atoms with Crippen LogP contribution in [-0.4, -0.2) is 19.6 Å². The molecule has 1 aliphatic rings. The summed E-state index contributed by atoms with van der Waals surface area (Å²) in [6, 6.07) is 5.64. The Morgan fingerprint density at radius 2 is 1.82 bits per heavy atom. The monoisotopic (exact) mass is 272 g/mol. The van der Waals surface area contributed by atoms with E-state index in [1.54, 1.807) is 0 Å². The maximum atomic E-state index is 6.12. The van der Waals surface area contributed by atoms with Crippen molar-refractivity contribution >= 4 is 23.2 Å². The highest BCUT2D eigenvalue weighted by Crippen LogP contribution is 2.24. The van der Waals surface area contributed by atoms with Crippen LogP contribution in [0, 0.1) is 5.92 Å². The average molecular weight is 273 g/mol. The number of nitrogens with one attached hydrogen (secondary N) is 2. The molecule has 0 radical (unpaired) electrons. The van der Waals surface area contributed by atoms with Gasteiger partial charge < -0.3 is 10.6 Å². The van der Waals surface area contributed by atoms with Crippen molar-refractivity contribution in [1.82, 2.24) is 10.6 Å². The van der Waals surface area contributed by atoms with E-state index in [-0.39, 0.29) is 0 Å². The van der Waals surface area contributed by atoms with Gasteiger partial charge in [-0.3, -0.25) is 0 Å². The van der Waals surface area contributed by atoms with E-state index in [1.165, 1.54) is 12.8 Å². The molecule has 1 heterocycles. The van der Waals surface area contributed by atoms with Gasteiger partial charge in [-0.1, -0.05) is 29.3 Å². The van der Waals surface area contributed by atoms with E-state index in [2.05, 4.69) is 10.6 Å². The van der Waals surface area contributed by atoms with Crippen LogP contribution < -0.4 is 10.6 Å². The van der Waals surface area contributed by atoms with Crippen molar-refractivity contribution in [3.8, 4) is 0 Å². The van der Waals surface area contributed by atoms with E-state index in [9.17, 15) is 0 Å². The van der Waals surface area contributed by atoms with Crippen LogP contribution in [0.1, 0.15) is 18.4 Å². The van der Waals surface area contributed by atoms with Crippen LogP contribution in [0.15, 0.2) is 18.2 Å². The minimum atomic E-state index is 0.746. The highest BCUT2D eigenvalue weighted by Gasteiger charge is 2.12. The van der Waals surface area contributed by atoms with E-state index in [4.69, 9.17) is 23.2 Å². The smallest absolute Gasteiger partial charge is 0.0465 e. The van der Waals surface area contributed by atoms with Gasteiger partial charge in [0.1, 0.15) is 0 Å². The van der Waals surface area contributed by atoms with E-state index in [0.717, 1.165) is 47.7 Å². The molecule has 0 unspecified atom stereocenters. The summed E-state index contributed by atoms with van der Waals surface area (Å²) < 4.78 is 0. The zero-order valence-electron chi connectivity index (χ0n) is 9.81. The summed E-state index contributed by atoms with van der Waals surface area (Å²) in [5.74, 6) is 0.775. The summed E-state index contributed by atoms with van der Waals surface area (Å²) in [6.07, 6.45) is 2.51. The molecule has 0 atom stereocenters. The molecule has 0 bridgehead atoms. The second kappa shape index (κ2) is 6.60. The van der Waals surface area contributed by atoms with Crippen LogP contribution in [0.5, 0.6) is 0 Å². The Morgan fingerprint density at radius 1 is 1.18 bits per heavy atom. The Labute approximate surface area is 113 Å². The SMILES string of the molecule is Clc1cccc(Cl)c1CNCC1CCNCC1. The first-order chi connectivity index (χ1) is 8.27. The van der Waals surface area contributed by atoms with Crippen molar-refractivity contribution in [2.24, 2.45) is 5.92 Å². The van der Waals surface area contributed by atoms with Crippen LogP contribution in [0.3, 0.4) is 0 Å². The summed E-state index contributed by atoms with van der Waals surface area (Å²) in [5.41, 5.74) is 1.00. The second-order valence-corrected chi connectivity index (χ2v) is 5.34. The van der Waals surface area contributed by atoms with E-state index in [0.29, 0.717) is 0 Å². The fourth-order valence-electron chi connectivity index (χ4n) is 2.19. The normalized spacial score (nSPS) is 17.3. The molecule has 2 nitrogen and oxygen atoms in total. The standard InChI is InChI=1S/C13H18Cl2N2/c14-12-2-1-3-13(15)11(12)9-17-8-10-4-6-16-7-5-10/h1-3,10,16-17H,4-9H2. The Hall–Kier alpha value is -0.280. The molecule has 0 aromatic heterocycles. The molecule has 4 heteroatoms. The molecule has 1 fully saturated rings. The lowest BCUT2D eigenvalue weighted by molar-refractivity contribution is 0.356. The fourth-order valence-corrected chi connectivity index (χ4v) is 2.72. The highest BCUT2D eigenvalue weighted by atomic mass is 35.5. The van der Waals surface area contributed by atoms with Crippen molar-refractivity contribution in [2.45, 2.75) is 19.4 Å². The third-order valence-electron chi connectivity index (χ3n) is 3.26. The van der Waals surface area contributed by atoms with Gasteiger partial charge in [0.05, 0.1) is 0 Å². The first-order valence-corrected chi connectivity index (χ1v) is 6.87. The van der Waals surface area contributed by atoms with E-state index >= 15 is 0 Å². The van der Waals surface area contributed by atoms with Gasteiger partial charge in [-0.05, 0) is 50.5 Å². The number of piperidine rings is 1. The van der Waals surface area contributed by atoms with Gasteiger partial charge in [0, 0.05) is 22.2 Å². The molecule has 0 saturated carbocycles. The molecular formula is C13H18Cl2N2. The molecule has 1 aromatic carbocycles. The molecule has 1 aromatic rings. The van der Waals surface area contributed by atoms with Crippen LogP contribution in [0.4, 0.5) is 0 Å². The summed E-state index contributed by atoms with van der Waals surface area (Å²) in [7, 11) is 0. The summed E-state index contributed by atoms with van der Waals surface area (Å²) >= 11 is 12.2. The third kappa shape index (κ3) is 3.85. The largest absolute Gasteiger partial charge is 0.317 e. The minimum absolute atomic E-state index is 0.746. The first kappa shape index (κ1) is 13.2. The van der Waals surface area contributed by atoms with Crippen molar-refractivity contribution in [1.29, 1.82) is 0 Å². The van der Waals surface area contributed by atoms with Gasteiger partial charge in [-0.2, -0.15) is 0 Å². The maximum Gasteiger partial charge on any atom is 0.0465 e. The van der Waals surface area contributed by atoms with Gasteiger partial charge >= 0.3 is 0 Å². The van der Waals surface area contributed by atoms with Crippen LogP contribution in [0.2, 0.25) is 10.0 Å². The zero-order chi connectivity index (χ0) is 12.1. The summed E-state index contributed by atoms with van der Waals surface area (Å²) in [5, 5.41) is 8.32. The fraction of sp³-hybridized carbons (Fsp3) is 0.538. The quantitative estimate of drug-likeness (QED) is 0.881. The third-order valence-corrected chi connectivity index (χ3v) is 3.96. The van der Waals surface area contributed by atoms with E-state index < -0.39 is 0 Å². The van der Waals surface area contributed by atoms with Gasteiger partial charge in [0.2, 0.25) is 0 Å². The number of benzene rings is 1. The Balaban J connectivity index is 1.81. The number of halogens is 2. The number of hydrogen-bond donors (Lipinski definition) is 2. The summed E-state index contributed by atoms with van der Waals surface area (Å²) in [4.78, 5) is 0. The lowest BCUT2D eigenvalue weighted by Crippen LogP contribution is -2.33. The lowest BCUT2D eigenvalue weighted by atomic mass is 9.98. The molecule has 94 valence electrons. The summed E-state index contributed by atoms with van der Waals surface area (Å²) in [6.45, 7) is 4.07. The molecule has 1 saturated heterocycles. The van der Waals surface area contributed by atoms with Crippen molar-refractivity contribution < 1.29 is 0 Å². The van der Waals surface area contributed by atoms with Gasteiger partial charge in [-0.15, -0.1) is 0 Å². The Kier molecular flexibility index (Phi) is 5.11. The second-order valence-electron chi connectivity index (χ2n) is 4.52. The zero-order valence-corrected chi connectivity index (χ0v) is 11.3. The van der Waals surface area contributed by atoms with Gasteiger partial charge in [0.15, 0.2) is 0 Å². The van der Waals surface area contributed by atoms with Crippen LogP contribution in [-0.2, 0) is 6.54 Å². The molecule has 2 rings (SSSR count). The predicted octanol–water partition coefficient (Wildman–Crippen LogP) is 3.08. The molecule has 17 heavy (non-hydrogen) atoms. The van der Waals surface area contributed by atoms with Crippen molar-refractivity contribution in [3.05, 3.63) is 33.8 Å². The van der Waals surface area contributed by atoms with Crippen LogP contribution in [0.25, 0.3) is 0 Å².